The van der Waals surface area contributed by atoms with Crippen LogP contribution in [0.25, 0.3) is 0 Å². The molecule has 6 nitrogen and oxygen atoms in total. The van der Waals surface area contributed by atoms with Crippen LogP contribution in [0.2, 0.25) is 5.02 Å². The molecule has 1 saturated heterocycles. The maximum atomic E-state index is 12.6. The van der Waals surface area contributed by atoms with Gasteiger partial charge in [0.25, 0.3) is 0 Å². The number of aromatic nitrogens is 1. The molecule has 1 aromatic carbocycles. The maximum Gasteiger partial charge on any atom is 0.317 e. The predicted molar refractivity (Wildman–Crippen MR) is 101 cm³/mol. The molecule has 0 spiro atoms. The van der Waals surface area contributed by atoms with Gasteiger partial charge in [0.2, 0.25) is 0 Å². The lowest BCUT2D eigenvalue weighted by Gasteiger charge is -2.35. The molecule has 0 aliphatic carbocycles. The quantitative estimate of drug-likeness (QED) is 0.865. The van der Waals surface area contributed by atoms with Crippen molar-refractivity contribution in [3.63, 3.8) is 0 Å². The number of benzene rings is 1. The molecule has 2 amide bonds. The first-order chi connectivity index (χ1) is 12.5. The van der Waals surface area contributed by atoms with Gasteiger partial charge in [-0.3, -0.25) is 4.90 Å². The summed E-state index contributed by atoms with van der Waals surface area (Å²) < 4.78 is 5.27. The normalized spacial score (nSPS) is 16.5. The van der Waals surface area contributed by atoms with Crippen LogP contribution in [0.5, 0.6) is 0 Å². The Bertz CT molecular complexity index is 723. The van der Waals surface area contributed by atoms with Crippen molar-refractivity contribution in [2.75, 3.05) is 26.2 Å². The van der Waals surface area contributed by atoms with Crippen LogP contribution in [0.15, 0.2) is 34.9 Å². The SMILES string of the molecule is CCC(NC(=O)N1CCN(Cc2cc(C)no2)CC1)c1ccc(Cl)cc1. The van der Waals surface area contributed by atoms with E-state index in [0.717, 1.165) is 43.1 Å². The van der Waals surface area contributed by atoms with Crippen LogP contribution in [0.4, 0.5) is 4.79 Å². The summed E-state index contributed by atoms with van der Waals surface area (Å²) in [7, 11) is 0. The molecule has 1 aromatic heterocycles. The Kier molecular flexibility index (Phi) is 6.16. The molecular formula is C19H25ClN4O2. The number of hydrogen-bond acceptors (Lipinski definition) is 4. The number of aryl methyl sites for hydroxylation is 1. The highest BCUT2D eigenvalue weighted by molar-refractivity contribution is 6.30. The van der Waals surface area contributed by atoms with Gasteiger partial charge in [0, 0.05) is 37.3 Å². The van der Waals surface area contributed by atoms with Gasteiger partial charge in [0.05, 0.1) is 18.3 Å². The van der Waals surface area contributed by atoms with Gasteiger partial charge >= 0.3 is 6.03 Å². The van der Waals surface area contributed by atoms with Gasteiger partial charge in [-0.15, -0.1) is 0 Å². The molecular weight excluding hydrogens is 352 g/mol. The Hall–Kier alpha value is -2.05. The van der Waals surface area contributed by atoms with Crippen LogP contribution in [-0.2, 0) is 6.54 Å². The molecule has 26 heavy (non-hydrogen) atoms. The van der Waals surface area contributed by atoms with Gasteiger partial charge < -0.3 is 14.7 Å². The summed E-state index contributed by atoms with van der Waals surface area (Å²) in [5.41, 5.74) is 1.97. The number of nitrogens with one attached hydrogen (secondary N) is 1. The second-order valence-corrected chi connectivity index (χ2v) is 7.10. The van der Waals surface area contributed by atoms with Crippen LogP contribution < -0.4 is 5.32 Å². The van der Waals surface area contributed by atoms with Gasteiger partial charge in [-0.05, 0) is 31.0 Å². The molecule has 7 heteroatoms. The Morgan fingerprint density at radius 1 is 1.27 bits per heavy atom. The summed E-state index contributed by atoms with van der Waals surface area (Å²) in [5.74, 6) is 0.870. The van der Waals surface area contributed by atoms with E-state index in [9.17, 15) is 4.79 Å². The maximum absolute atomic E-state index is 12.6. The number of carbonyl (C=O) groups excluding carboxylic acids is 1. The van der Waals surface area contributed by atoms with E-state index in [1.807, 2.05) is 42.2 Å². The van der Waals surface area contributed by atoms with Gasteiger partial charge in [0.15, 0.2) is 5.76 Å². The fourth-order valence-corrected chi connectivity index (χ4v) is 3.30. The minimum atomic E-state index is -0.0121. The summed E-state index contributed by atoms with van der Waals surface area (Å²) in [6.45, 7) is 7.78. The van der Waals surface area contributed by atoms with Gasteiger partial charge in [-0.25, -0.2) is 4.79 Å². The number of amides is 2. The van der Waals surface area contributed by atoms with Gasteiger partial charge in [0.1, 0.15) is 0 Å². The average Bonchev–Trinajstić information content (AvgIpc) is 3.05. The van der Waals surface area contributed by atoms with Crippen molar-refractivity contribution >= 4 is 17.6 Å². The van der Waals surface area contributed by atoms with Crippen LogP contribution >= 0.6 is 11.6 Å². The van der Waals surface area contributed by atoms with Crippen molar-refractivity contribution < 1.29 is 9.32 Å². The Morgan fingerprint density at radius 3 is 2.54 bits per heavy atom. The second-order valence-electron chi connectivity index (χ2n) is 6.66. The molecule has 0 radical (unpaired) electrons. The van der Waals surface area contributed by atoms with E-state index in [2.05, 4.69) is 22.3 Å². The van der Waals surface area contributed by atoms with Crippen molar-refractivity contribution in [3.05, 3.63) is 52.4 Å². The van der Waals surface area contributed by atoms with Crippen LogP contribution in [0.3, 0.4) is 0 Å². The molecule has 0 bridgehead atoms. The zero-order valence-electron chi connectivity index (χ0n) is 15.2. The third-order valence-electron chi connectivity index (χ3n) is 4.69. The second kappa shape index (κ2) is 8.56. The first-order valence-corrected chi connectivity index (χ1v) is 9.38. The molecule has 0 saturated carbocycles. The number of urea groups is 1. The first kappa shape index (κ1) is 18.7. The zero-order valence-corrected chi connectivity index (χ0v) is 16.0. The molecule has 1 fully saturated rings. The molecule has 1 atom stereocenters. The van der Waals surface area contributed by atoms with E-state index in [4.69, 9.17) is 16.1 Å². The van der Waals surface area contributed by atoms with Crippen LogP contribution in [0.1, 0.15) is 36.4 Å². The lowest BCUT2D eigenvalue weighted by molar-refractivity contribution is 0.126. The molecule has 1 unspecified atom stereocenters. The number of piperazine rings is 1. The topological polar surface area (TPSA) is 61.6 Å². The van der Waals surface area contributed by atoms with E-state index in [1.165, 1.54) is 0 Å². The zero-order chi connectivity index (χ0) is 18.5. The molecule has 1 aliphatic rings. The molecule has 2 heterocycles. The molecule has 140 valence electrons. The highest BCUT2D eigenvalue weighted by Crippen LogP contribution is 2.20. The third kappa shape index (κ3) is 4.77. The summed E-state index contributed by atoms with van der Waals surface area (Å²) >= 11 is 5.95. The Balaban J connectivity index is 1.50. The number of hydrogen-bond donors (Lipinski definition) is 1. The highest BCUT2D eigenvalue weighted by Gasteiger charge is 2.23. The minimum absolute atomic E-state index is 0.00466. The van der Waals surface area contributed by atoms with E-state index >= 15 is 0 Å². The van der Waals surface area contributed by atoms with Crippen molar-refractivity contribution in [1.29, 1.82) is 0 Å². The number of halogens is 1. The summed E-state index contributed by atoms with van der Waals surface area (Å²) in [6, 6.07) is 9.59. The van der Waals surface area contributed by atoms with Crippen LogP contribution in [0, 0.1) is 6.92 Å². The lowest BCUT2D eigenvalue weighted by Crippen LogP contribution is -2.51. The largest absolute Gasteiger partial charge is 0.360 e. The third-order valence-corrected chi connectivity index (χ3v) is 4.95. The van der Waals surface area contributed by atoms with E-state index in [0.29, 0.717) is 18.1 Å². The monoisotopic (exact) mass is 376 g/mol. The van der Waals surface area contributed by atoms with Gasteiger partial charge in [-0.2, -0.15) is 0 Å². The van der Waals surface area contributed by atoms with Crippen molar-refractivity contribution in [2.45, 2.75) is 32.9 Å². The van der Waals surface area contributed by atoms with Crippen molar-refractivity contribution in [3.8, 4) is 0 Å². The summed E-state index contributed by atoms with van der Waals surface area (Å²) in [5, 5.41) is 7.76. The van der Waals surface area contributed by atoms with Crippen molar-refractivity contribution in [2.24, 2.45) is 0 Å². The van der Waals surface area contributed by atoms with Crippen LogP contribution in [-0.4, -0.2) is 47.2 Å². The summed E-state index contributed by atoms with van der Waals surface area (Å²) in [4.78, 5) is 16.8. The highest BCUT2D eigenvalue weighted by atomic mass is 35.5. The fourth-order valence-electron chi connectivity index (χ4n) is 3.18. The predicted octanol–water partition coefficient (Wildman–Crippen LogP) is 3.61. The number of nitrogens with zero attached hydrogens (tertiary/aromatic N) is 3. The molecule has 1 N–H and O–H groups in total. The van der Waals surface area contributed by atoms with Gasteiger partial charge in [-0.1, -0.05) is 35.8 Å². The summed E-state index contributed by atoms with van der Waals surface area (Å²) in [6.07, 6.45) is 0.832. The molecule has 2 aromatic rings. The number of rotatable bonds is 5. The Morgan fingerprint density at radius 2 is 1.96 bits per heavy atom. The van der Waals surface area contributed by atoms with Crippen molar-refractivity contribution in [1.82, 2.24) is 20.3 Å². The van der Waals surface area contributed by atoms with E-state index in [-0.39, 0.29) is 12.1 Å². The molecule has 1 aliphatic heterocycles. The Labute approximate surface area is 159 Å². The fraction of sp³-hybridized carbons (Fsp3) is 0.474. The smallest absolute Gasteiger partial charge is 0.317 e. The van der Waals surface area contributed by atoms with E-state index in [1.54, 1.807) is 0 Å². The first-order valence-electron chi connectivity index (χ1n) is 9.00. The molecule has 3 rings (SSSR count). The van der Waals surface area contributed by atoms with E-state index < -0.39 is 0 Å². The minimum Gasteiger partial charge on any atom is -0.360 e. The average molecular weight is 377 g/mol. The lowest BCUT2D eigenvalue weighted by atomic mass is 10.1. The number of carbonyl (C=O) groups is 1. The standard InChI is InChI=1S/C19H25ClN4O2/c1-3-18(15-4-6-16(20)7-5-15)21-19(25)24-10-8-23(9-11-24)13-17-12-14(2)22-26-17/h4-7,12,18H,3,8-11,13H2,1-2H3,(H,21,25).